The molecule has 0 spiro atoms. The van der Waals surface area contributed by atoms with Crippen molar-refractivity contribution < 1.29 is 19.0 Å². The third-order valence-corrected chi connectivity index (χ3v) is 6.20. The summed E-state index contributed by atoms with van der Waals surface area (Å²) in [6.45, 7) is 4.65. The molecule has 8 nitrogen and oxygen atoms in total. The average molecular weight is 451 g/mol. The van der Waals surface area contributed by atoms with Gasteiger partial charge in [-0.3, -0.25) is 9.36 Å². The van der Waals surface area contributed by atoms with E-state index in [2.05, 4.69) is 15.3 Å². The molecule has 0 bridgehead atoms. The van der Waals surface area contributed by atoms with Crippen molar-refractivity contribution >= 4 is 28.5 Å². The molecule has 0 aliphatic heterocycles. The lowest BCUT2D eigenvalue weighted by Crippen LogP contribution is -2.37. The van der Waals surface area contributed by atoms with Crippen LogP contribution in [0.3, 0.4) is 0 Å². The van der Waals surface area contributed by atoms with Gasteiger partial charge in [-0.05, 0) is 51.4 Å². The average Bonchev–Trinajstić information content (AvgIpc) is 3.50. The maximum absolute atomic E-state index is 11.1. The number of aromatic nitrogens is 3. The zero-order valence-corrected chi connectivity index (χ0v) is 19.2. The largest absolute Gasteiger partial charge is 0.476 e. The Bertz CT molecular complexity index is 922. The first-order valence-corrected chi connectivity index (χ1v) is 11.5. The molecule has 2 aromatic heterocycles. The van der Waals surface area contributed by atoms with E-state index in [1.54, 1.807) is 6.20 Å². The van der Waals surface area contributed by atoms with Crippen molar-refractivity contribution in [3.63, 3.8) is 0 Å². The monoisotopic (exact) mass is 450 g/mol. The van der Waals surface area contributed by atoms with Crippen molar-refractivity contribution in [2.45, 2.75) is 70.6 Å². The summed E-state index contributed by atoms with van der Waals surface area (Å²) >= 11 is 6.57. The third-order valence-electron chi connectivity index (χ3n) is 5.86. The number of halogens is 1. The van der Waals surface area contributed by atoms with Gasteiger partial charge in [0.15, 0.2) is 0 Å². The van der Waals surface area contributed by atoms with Crippen molar-refractivity contribution in [1.82, 2.24) is 19.9 Å². The van der Waals surface area contributed by atoms with Gasteiger partial charge >= 0.3 is 0 Å². The first-order chi connectivity index (χ1) is 14.9. The summed E-state index contributed by atoms with van der Waals surface area (Å²) in [5.41, 5.74) is 1.48. The van der Waals surface area contributed by atoms with Crippen LogP contribution in [0.5, 0.6) is 11.9 Å². The number of pyridine rings is 1. The predicted octanol–water partition coefficient (Wildman–Crippen LogP) is 3.64. The minimum Gasteiger partial charge on any atom is -0.476 e. The fraction of sp³-hybridized carbons (Fsp3) is 0.682. The molecule has 0 unspecified atom stereocenters. The molecular weight excluding hydrogens is 420 g/mol. The molecule has 1 atom stereocenters. The number of imidazole rings is 1. The summed E-state index contributed by atoms with van der Waals surface area (Å²) in [7, 11) is 1.90. The zero-order valence-electron chi connectivity index (χ0n) is 18.4. The van der Waals surface area contributed by atoms with Crippen LogP contribution in [0.4, 0.5) is 0 Å². The summed E-state index contributed by atoms with van der Waals surface area (Å²) in [4.78, 5) is 20.0. The smallest absolute Gasteiger partial charge is 0.297 e. The highest BCUT2D eigenvalue weighted by molar-refractivity contribution is 6.36. The minimum absolute atomic E-state index is 0.0166. The molecule has 0 saturated heterocycles. The van der Waals surface area contributed by atoms with Crippen LogP contribution in [-0.4, -0.2) is 51.9 Å². The quantitative estimate of drug-likeness (QED) is 0.627. The fourth-order valence-electron chi connectivity index (χ4n) is 3.95. The lowest BCUT2D eigenvalue weighted by molar-refractivity contribution is -0.120. The van der Waals surface area contributed by atoms with E-state index in [1.807, 2.05) is 18.5 Å². The molecule has 2 heterocycles. The van der Waals surface area contributed by atoms with Crippen LogP contribution in [0.1, 0.15) is 52.4 Å². The molecule has 2 aliphatic carbocycles. The van der Waals surface area contributed by atoms with Crippen LogP contribution >= 0.6 is 11.6 Å². The lowest BCUT2D eigenvalue weighted by atomic mass is 9.95. The van der Waals surface area contributed by atoms with Crippen LogP contribution in [0.15, 0.2) is 6.20 Å². The molecular formula is C22H31ClN4O4. The van der Waals surface area contributed by atoms with Crippen molar-refractivity contribution in [1.29, 1.82) is 0 Å². The molecule has 0 radical (unpaired) electrons. The third kappa shape index (κ3) is 5.60. The van der Waals surface area contributed by atoms with Gasteiger partial charge < -0.3 is 19.5 Å². The number of fused-ring (bicyclic) bond motifs is 1. The van der Waals surface area contributed by atoms with Gasteiger partial charge in [-0.2, -0.15) is 4.98 Å². The number of hydrogen-bond acceptors (Lipinski definition) is 6. The highest BCUT2D eigenvalue weighted by Gasteiger charge is 2.26. The molecule has 31 heavy (non-hydrogen) atoms. The number of rotatable bonds is 9. The maximum atomic E-state index is 11.1. The number of nitrogens with one attached hydrogen (secondary N) is 1. The van der Waals surface area contributed by atoms with E-state index in [4.69, 9.17) is 25.8 Å². The Labute approximate surface area is 187 Å². The van der Waals surface area contributed by atoms with Gasteiger partial charge in [0, 0.05) is 20.0 Å². The van der Waals surface area contributed by atoms with E-state index >= 15 is 0 Å². The summed E-state index contributed by atoms with van der Waals surface area (Å²) in [6.07, 6.45) is 8.02. The topological polar surface area (TPSA) is 87.5 Å². The molecule has 4 rings (SSSR count). The highest BCUT2D eigenvalue weighted by atomic mass is 35.5. The standard InChI is InChI=1S/C22H31ClN4O4/c1-13(25-14(2)28)11-29-16-6-8-17(9-7-16)31-22-26-18-10-24-21(30-12-15-4-5-15)19(23)20(18)27(22)3/h10,13,15-17H,4-9,11-12H2,1-3H3,(H,25,28)/t13-,16-,17-/m0/s1. The van der Waals surface area contributed by atoms with Crippen LogP contribution in [-0.2, 0) is 16.6 Å². The molecule has 1 amide bonds. The Balaban J connectivity index is 1.32. The van der Waals surface area contributed by atoms with E-state index in [9.17, 15) is 4.79 Å². The van der Waals surface area contributed by atoms with Crippen LogP contribution in [0, 0.1) is 5.92 Å². The number of nitrogens with zero attached hydrogens (tertiary/aromatic N) is 3. The van der Waals surface area contributed by atoms with Gasteiger partial charge in [0.05, 0.1) is 31.0 Å². The van der Waals surface area contributed by atoms with E-state index in [1.165, 1.54) is 19.8 Å². The first-order valence-electron chi connectivity index (χ1n) is 11.1. The Kier molecular flexibility index (Phi) is 6.86. The second-order valence-corrected chi connectivity index (χ2v) is 9.15. The summed E-state index contributed by atoms with van der Waals surface area (Å²) < 4.78 is 19.8. The van der Waals surface area contributed by atoms with E-state index in [-0.39, 0.29) is 24.2 Å². The Morgan fingerprint density at radius 2 is 1.97 bits per heavy atom. The van der Waals surface area contributed by atoms with E-state index in [0.29, 0.717) is 41.6 Å². The van der Waals surface area contributed by atoms with Gasteiger partial charge in [0.1, 0.15) is 16.6 Å². The van der Waals surface area contributed by atoms with Crippen molar-refractivity contribution in [3.8, 4) is 11.9 Å². The van der Waals surface area contributed by atoms with Gasteiger partial charge in [-0.15, -0.1) is 0 Å². The minimum atomic E-state index is -0.0347. The van der Waals surface area contributed by atoms with Crippen molar-refractivity contribution in [2.75, 3.05) is 13.2 Å². The van der Waals surface area contributed by atoms with Crippen LogP contribution in [0.25, 0.3) is 11.0 Å². The molecule has 9 heteroatoms. The van der Waals surface area contributed by atoms with Gasteiger partial charge in [-0.25, -0.2) is 4.98 Å². The highest BCUT2D eigenvalue weighted by Crippen LogP contribution is 2.35. The Morgan fingerprint density at radius 1 is 1.26 bits per heavy atom. The molecule has 1 N–H and O–H groups in total. The predicted molar refractivity (Wildman–Crippen MR) is 118 cm³/mol. The van der Waals surface area contributed by atoms with E-state index < -0.39 is 0 Å². The summed E-state index contributed by atoms with van der Waals surface area (Å²) in [5.74, 6) is 1.06. The second kappa shape index (κ2) is 9.61. The van der Waals surface area contributed by atoms with Crippen LogP contribution < -0.4 is 14.8 Å². The molecule has 2 fully saturated rings. The molecule has 2 aliphatic rings. The first kappa shape index (κ1) is 22.1. The number of aryl methyl sites for hydroxylation is 1. The SMILES string of the molecule is CC(=O)N[C@@H](C)CO[C@H]1CC[C@H](Oc2nc3cnc(OCC4CC4)c(Cl)c3n2C)CC1. The number of hydrogen-bond donors (Lipinski definition) is 1. The van der Waals surface area contributed by atoms with Crippen LogP contribution in [0.2, 0.25) is 5.02 Å². The summed E-state index contributed by atoms with van der Waals surface area (Å²) in [5, 5.41) is 3.32. The summed E-state index contributed by atoms with van der Waals surface area (Å²) in [6, 6.07) is 0.560. The molecule has 2 saturated carbocycles. The molecule has 170 valence electrons. The van der Waals surface area contributed by atoms with Crippen molar-refractivity contribution in [2.24, 2.45) is 13.0 Å². The number of ether oxygens (including phenoxy) is 3. The zero-order chi connectivity index (χ0) is 22.0. The van der Waals surface area contributed by atoms with E-state index in [0.717, 1.165) is 31.2 Å². The lowest BCUT2D eigenvalue weighted by Gasteiger charge is -2.29. The van der Waals surface area contributed by atoms with Gasteiger partial charge in [0.2, 0.25) is 11.8 Å². The maximum Gasteiger partial charge on any atom is 0.297 e. The van der Waals surface area contributed by atoms with Crippen molar-refractivity contribution in [3.05, 3.63) is 11.2 Å². The molecule has 2 aromatic rings. The number of amides is 1. The molecule has 0 aromatic carbocycles. The normalized spacial score (nSPS) is 22.3. The van der Waals surface area contributed by atoms with Gasteiger partial charge in [0.25, 0.3) is 6.01 Å². The second-order valence-electron chi connectivity index (χ2n) is 8.77. The number of carbonyl (C=O) groups is 1. The van der Waals surface area contributed by atoms with Gasteiger partial charge in [-0.1, -0.05) is 11.6 Å². The Morgan fingerprint density at radius 3 is 2.65 bits per heavy atom. The fourth-order valence-corrected chi connectivity index (χ4v) is 4.28. The number of carbonyl (C=O) groups excluding carboxylic acids is 1. The Hall–Kier alpha value is -2.06.